The van der Waals surface area contributed by atoms with Crippen molar-refractivity contribution < 1.29 is 17.9 Å². The van der Waals surface area contributed by atoms with E-state index in [9.17, 15) is 18.0 Å². The van der Waals surface area contributed by atoms with Gasteiger partial charge in [-0.05, 0) is 45.9 Å². The van der Waals surface area contributed by atoms with Crippen LogP contribution in [0.2, 0.25) is 5.02 Å². The Morgan fingerprint density at radius 1 is 1.15 bits per heavy atom. The Labute approximate surface area is 201 Å². The van der Waals surface area contributed by atoms with Crippen LogP contribution >= 0.6 is 11.6 Å². The van der Waals surface area contributed by atoms with Gasteiger partial charge in [0.1, 0.15) is 17.8 Å². The summed E-state index contributed by atoms with van der Waals surface area (Å²) in [7, 11) is -3.58. The highest BCUT2D eigenvalue weighted by atomic mass is 35.5. The maximum Gasteiger partial charge on any atom is 0.326 e. The van der Waals surface area contributed by atoms with Crippen molar-refractivity contribution in [2.45, 2.75) is 44.7 Å². The van der Waals surface area contributed by atoms with Gasteiger partial charge >= 0.3 is 5.97 Å². The molecule has 0 atom stereocenters. The topological polar surface area (TPSA) is 111 Å². The fourth-order valence-corrected chi connectivity index (χ4v) is 5.11. The van der Waals surface area contributed by atoms with Gasteiger partial charge in [0.2, 0.25) is 0 Å². The first-order chi connectivity index (χ1) is 15.8. The smallest absolute Gasteiger partial charge is 0.326 e. The minimum atomic E-state index is -3.58. The molecule has 4 rings (SSSR count). The van der Waals surface area contributed by atoms with E-state index < -0.39 is 21.4 Å². The first-order valence-corrected chi connectivity index (χ1v) is 12.8. The van der Waals surface area contributed by atoms with Crippen LogP contribution in [0.3, 0.4) is 0 Å². The molecule has 2 aromatic heterocycles. The highest BCUT2D eigenvalue weighted by molar-refractivity contribution is 7.90. The molecular weight excluding hydrogens is 478 g/mol. The largest absolute Gasteiger partial charge is 0.459 e. The molecule has 178 valence electrons. The summed E-state index contributed by atoms with van der Waals surface area (Å²) in [6.45, 7) is 6.98. The Kier molecular flexibility index (Phi) is 5.81. The van der Waals surface area contributed by atoms with E-state index >= 15 is 0 Å². The molecule has 0 radical (unpaired) electrons. The molecule has 0 amide bonds. The lowest BCUT2D eigenvalue weighted by Crippen LogP contribution is -2.26. The van der Waals surface area contributed by atoms with E-state index in [1.54, 1.807) is 56.5 Å². The van der Waals surface area contributed by atoms with Crippen molar-refractivity contribution in [3.63, 3.8) is 0 Å². The van der Waals surface area contributed by atoms with E-state index in [1.807, 2.05) is 0 Å². The second kappa shape index (κ2) is 8.25. The molecule has 1 N–H and O–H groups in total. The third-order valence-electron chi connectivity index (χ3n) is 5.41. The van der Waals surface area contributed by atoms with Gasteiger partial charge in [-0.25, -0.2) is 13.5 Å². The summed E-state index contributed by atoms with van der Waals surface area (Å²) in [5.74, 6) is -0.471. The van der Waals surface area contributed by atoms with Crippen LogP contribution in [0.4, 0.5) is 0 Å². The number of esters is 1. The minimum Gasteiger partial charge on any atom is -0.459 e. The number of fused-ring (bicyclic) bond motifs is 2. The quantitative estimate of drug-likeness (QED) is 0.418. The predicted molar refractivity (Wildman–Crippen MR) is 132 cm³/mol. The summed E-state index contributed by atoms with van der Waals surface area (Å²) in [4.78, 5) is 25.1. The number of H-pyrrole nitrogens is 1. The molecular formula is C24H24ClN3O5S. The molecule has 0 spiro atoms. The molecule has 4 aromatic rings. The number of ether oxygens (including phenoxy) is 1. The van der Waals surface area contributed by atoms with E-state index in [4.69, 9.17) is 16.3 Å². The van der Waals surface area contributed by atoms with Crippen LogP contribution in [-0.2, 0) is 25.9 Å². The SMILES string of the molecule is Cc1c(-c2n[nH]c(=O)c3ccccc23)c2cc(S(C)(=O)=O)cc(Cl)c2n1CC(=O)OC(C)(C)C. The Hall–Kier alpha value is -3.17. The number of nitrogens with zero attached hydrogens (tertiary/aromatic N) is 2. The molecule has 2 aromatic carbocycles. The van der Waals surface area contributed by atoms with Crippen molar-refractivity contribution in [2.24, 2.45) is 0 Å². The van der Waals surface area contributed by atoms with E-state index in [-0.39, 0.29) is 22.0 Å². The molecule has 0 aliphatic rings. The predicted octanol–water partition coefficient (Wildman–Crippen LogP) is 4.25. The van der Waals surface area contributed by atoms with E-state index in [1.165, 1.54) is 12.1 Å². The number of carbonyl (C=O) groups excluding carboxylic acids is 1. The van der Waals surface area contributed by atoms with Crippen molar-refractivity contribution in [1.29, 1.82) is 0 Å². The van der Waals surface area contributed by atoms with Crippen LogP contribution in [0.1, 0.15) is 26.5 Å². The lowest BCUT2D eigenvalue weighted by atomic mass is 10.0. The van der Waals surface area contributed by atoms with Gasteiger partial charge in [-0.3, -0.25) is 9.59 Å². The van der Waals surface area contributed by atoms with Gasteiger partial charge in [0, 0.05) is 28.3 Å². The standard InChI is InChI=1S/C24H24ClN3O5S/c1-13-20(21-15-8-6-7-9-16(15)23(30)27-26-21)17-10-14(34(5,31)32)11-18(25)22(17)28(13)12-19(29)33-24(2,3)4/h6-11H,12H2,1-5H3,(H,27,30). The van der Waals surface area contributed by atoms with E-state index in [0.29, 0.717) is 38.6 Å². The van der Waals surface area contributed by atoms with Crippen molar-refractivity contribution >= 4 is 49.1 Å². The number of benzene rings is 2. The van der Waals surface area contributed by atoms with Crippen LogP contribution in [0, 0.1) is 6.92 Å². The van der Waals surface area contributed by atoms with Crippen LogP contribution in [0.25, 0.3) is 32.9 Å². The zero-order valence-electron chi connectivity index (χ0n) is 19.4. The number of aromatic amines is 1. The Balaban J connectivity index is 2.09. The van der Waals surface area contributed by atoms with E-state index in [2.05, 4.69) is 10.2 Å². The van der Waals surface area contributed by atoms with Crippen LogP contribution < -0.4 is 5.56 Å². The van der Waals surface area contributed by atoms with Gasteiger partial charge < -0.3 is 9.30 Å². The highest BCUT2D eigenvalue weighted by Crippen LogP contribution is 2.40. The maximum absolute atomic E-state index is 12.7. The molecule has 0 aliphatic carbocycles. The van der Waals surface area contributed by atoms with Gasteiger partial charge in [0.05, 0.1) is 20.8 Å². The summed E-state index contributed by atoms with van der Waals surface area (Å²) in [5.41, 5.74) is 1.09. The van der Waals surface area contributed by atoms with Gasteiger partial charge in [0.25, 0.3) is 5.56 Å². The molecule has 10 heteroatoms. The molecule has 0 fully saturated rings. The monoisotopic (exact) mass is 501 g/mol. The number of sulfone groups is 1. The maximum atomic E-state index is 12.7. The Bertz CT molecular complexity index is 1630. The summed E-state index contributed by atoms with van der Waals surface area (Å²) >= 11 is 6.59. The Morgan fingerprint density at radius 2 is 1.79 bits per heavy atom. The van der Waals surface area contributed by atoms with Crippen LogP contribution in [0.15, 0.2) is 46.1 Å². The van der Waals surface area contributed by atoms with Crippen LogP contribution in [0.5, 0.6) is 0 Å². The average molecular weight is 502 g/mol. The van der Waals surface area contributed by atoms with Gasteiger partial charge in [-0.1, -0.05) is 29.8 Å². The summed E-state index contributed by atoms with van der Waals surface area (Å²) < 4.78 is 31.9. The fourth-order valence-electron chi connectivity index (χ4n) is 4.06. The number of aromatic nitrogens is 3. The van der Waals surface area contributed by atoms with Gasteiger partial charge in [-0.15, -0.1) is 0 Å². The lowest BCUT2D eigenvalue weighted by molar-refractivity contribution is -0.155. The van der Waals surface area contributed by atoms with Gasteiger partial charge in [-0.2, -0.15) is 5.10 Å². The van der Waals surface area contributed by atoms with Crippen molar-refractivity contribution in [3.8, 4) is 11.3 Å². The molecule has 0 unspecified atom stereocenters. The van der Waals surface area contributed by atoms with Crippen molar-refractivity contribution in [2.75, 3.05) is 6.26 Å². The van der Waals surface area contributed by atoms with E-state index in [0.717, 1.165) is 6.26 Å². The zero-order chi connectivity index (χ0) is 25.0. The summed E-state index contributed by atoms with van der Waals surface area (Å²) in [5, 5.41) is 8.51. The number of nitrogens with one attached hydrogen (secondary N) is 1. The lowest BCUT2D eigenvalue weighted by Gasteiger charge is -2.20. The number of hydrogen-bond acceptors (Lipinski definition) is 6. The third-order valence-corrected chi connectivity index (χ3v) is 6.79. The number of hydrogen-bond donors (Lipinski definition) is 1. The van der Waals surface area contributed by atoms with Crippen LogP contribution in [-0.4, -0.2) is 41.0 Å². The first-order valence-electron chi connectivity index (χ1n) is 10.5. The van der Waals surface area contributed by atoms with Gasteiger partial charge in [0.15, 0.2) is 9.84 Å². The molecule has 2 heterocycles. The molecule has 8 nitrogen and oxygen atoms in total. The second-order valence-electron chi connectivity index (χ2n) is 9.15. The molecule has 0 saturated carbocycles. The zero-order valence-corrected chi connectivity index (χ0v) is 21.0. The molecule has 34 heavy (non-hydrogen) atoms. The third kappa shape index (κ3) is 4.33. The number of rotatable bonds is 4. The molecule has 0 saturated heterocycles. The second-order valence-corrected chi connectivity index (χ2v) is 11.6. The minimum absolute atomic E-state index is 0.0365. The van der Waals surface area contributed by atoms with Crippen molar-refractivity contribution in [1.82, 2.24) is 14.8 Å². The molecule has 0 aliphatic heterocycles. The highest BCUT2D eigenvalue weighted by Gasteiger charge is 2.26. The molecule has 0 bridgehead atoms. The Morgan fingerprint density at radius 3 is 2.41 bits per heavy atom. The first kappa shape index (κ1) is 24.0. The average Bonchev–Trinajstić information content (AvgIpc) is 2.98. The summed E-state index contributed by atoms with van der Waals surface area (Å²) in [6.07, 6.45) is 1.10. The fraction of sp³-hybridized carbons (Fsp3) is 0.292. The van der Waals surface area contributed by atoms with Crippen molar-refractivity contribution in [3.05, 3.63) is 57.5 Å². The number of carbonyl (C=O) groups is 1. The normalized spacial score (nSPS) is 12.4. The summed E-state index contributed by atoms with van der Waals surface area (Å²) in [6, 6.07) is 9.88. The number of halogens is 1.